The predicted octanol–water partition coefficient (Wildman–Crippen LogP) is 1.20. The fraction of sp³-hybridized carbons (Fsp3) is 0.375. The van der Waals surface area contributed by atoms with Gasteiger partial charge in [0.1, 0.15) is 6.54 Å². The Labute approximate surface area is 139 Å². The lowest BCUT2D eigenvalue weighted by molar-refractivity contribution is -0.135. The molecule has 0 aliphatic heterocycles. The predicted molar refractivity (Wildman–Crippen MR) is 86.7 cm³/mol. The van der Waals surface area contributed by atoms with Crippen LogP contribution in [0.15, 0.2) is 41.3 Å². The molecule has 0 aromatic heterocycles. The second kappa shape index (κ2) is 6.37. The first-order valence-corrected chi connectivity index (χ1v) is 9.14. The van der Waals surface area contributed by atoms with Gasteiger partial charge in [-0.05, 0) is 42.9 Å². The molecular weight excluding hydrogens is 332 g/mol. The van der Waals surface area contributed by atoms with Crippen LogP contribution in [0.25, 0.3) is 0 Å². The van der Waals surface area contributed by atoms with Crippen LogP contribution in [-0.2, 0) is 19.6 Å². The molecule has 7 nitrogen and oxygen atoms in total. The van der Waals surface area contributed by atoms with Crippen LogP contribution in [0.5, 0.6) is 0 Å². The summed E-state index contributed by atoms with van der Waals surface area (Å²) >= 11 is 0. The number of carboxylic acids is 1. The van der Waals surface area contributed by atoms with E-state index >= 15 is 0 Å². The quantitative estimate of drug-likeness (QED) is 0.667. The molecule has 2 aliphatic rings. The van der Waals surface area contributed by atoms with Crippen molar-refractivity contribution in [2.45, 2.75) is 17.7 Å². The van der Waals surface area contributed by atoms with Crippen LogP contribution in [-0.4, -0.2) is 31.9 Å². The molecule has 3 rings (SSSR count). The van der Waals surface area contributed by atoms with Crippen LogP contribution in [0.4, 0.5) is 5.69 Å². The topological polar surface area (TPSA) is 113 Å². The molecule has 0 radical (unpaired) electrons. The van der Waals surface area contributed by atoms with E-state index in [-0.39, 0.29) is 22.6 Å². The number of benzene rings is 1. The second-order valence-corrected chi connectivity index (χ2v) is 7.89. The first-order valence-electron chi connectivity index (χ1n) is 7.66. The van der Waals surface area contributed by atoms with E-state index in [1.165, 1.54) is 18.2 Å². The molecule has 3 unspecified atom stereocenters. The number of hydrogen-bond acceptors (Lipinski definition) is 4. The molecule has 1 fully saturated rings. The summed E-state index contributed by atoms with van der Waals surface area (Å²) in [5.74, 6) is -0.727. The molecule has 128 valence electrons. The van der Waals surface area contributed by atoms with E-state index in [2.05, 4.69) is 17.5 Å². The van der Waals surface area contributed by atoms with Gasteiger partial charge in [0.2, 0.25) is 15.9 Å². The van der Waals surface area contributed by atoms with Crippen molar-refractivity contribution in [3.8, 4) is 0 Å². The van der Waals surface area contributed by atoms with Crippen molar-refractivity contribution < 1.29 is 23.1 Å². The van der Waals surface area contributed by atoms with Gasteiger partial charge in [-0.15, -0.1) is 0 Å². The number of hydrogen-bond donors (Lipinski definition) is 3. The SMILES string of the molecule is O=C(O)CNS(=O)(=O)c1cccc(NC(=O)C2CC3C=CC2C3)c1. The highest BCUT2D eigenvalue weighted by Gasteiger charge is 2.39. The number of nitrogens with one attached hydrogen (secondary N) is 2. The van der Waals surface area contributed by atoms with Crippen LogP contribution in [0.1, 0.15) is 12.8 Å². The van der Waals surface area contributed by atoms with Crippen LogP contribution < -0.4 is 10.0 Å². The zero-order valence-corrected chi connectivity index (χ0v) is 13.6. The maximum absolute atomic E-state index is 12.4. The minimum absolute atomic E-state index is 0.0783. The van der Waals surface area contributed by atoms with Crippen molar-refractivity contribution in [1.29, 1.82) is 0 Å². The van der Waals surface area contributed by atoms with Crippen molar-refractivity contribution in [2.24, 2.45) is 17.8 Å². The summed E-state index contributed by atoms with van der Waals surface area (Å²) in [6, 6.07) is 5.79. The van der Waals surface area contributed by atoms with Gasteiger partial charge in [0.05, 0.1) is 4.90 Å². The Morgan fingerprint density at radius 2 is 2.00 bits per heavy atom. The van der Waals surface area contributed by atoms with Gasteiger partial charge in [0.15, 0.2) is 0 Å². The summed E-state index contributed by atoms with van der Waals surface area (Å²) < 4.78 is 26.1. The number of fused-ring (bicyclic) bond motifs is 2. The Hall–Kier alpha value is -2.19. The number of carbonyl (C=O) groups is 2. The van der Waals surface area contributed by atoms with E-state index in [4.69, 9.17) is 5.11 Å². The summed E-state index contributed by atoms with van der Waals surface area (Å²) in [5.41, 5.74) is 0.380. The smallest absolute Gasteiger partial charge is 0.318 e. The maximum atomic E-state index is 12.4. The first-order chi connectivity index (χ1) is 11.3. The molecule has 0 spiro atoms. The molecule has 8 heteroatoms. The first kappa shape index (κ1) is 16.7. The highest BCUT2D eigenvalue weighted by Crippen LogP contribution is 2.43. The molecule has 1 saturated carbocycles. The standard InChI is InChI=1S/C16H18N2O5S/c19-15(20)9-17-24(22,23)13-3-1-2-12(8-13)18-16(21)14-7-10-4-5-11(14)6-10/h1-5,8,10-11,14,17H,6-7,9H2,(H,18,21)(H,19,20). The number of sulfonamides is 1. The molecule has 0 heterocycles. The van der Waals surface area contributed by atoms with E-state index in [0.717, 1.165) is 12.8 Å². The molecule has 0 saturated heterocycles. The third-order valence-corrected chi connectivity index (χ3v) is 5.84. The molecule has 1 aromatic rings. The number of allylic oxidation sites excluding steroid dienone is 2. The Bertz CT molecular complexity index is 802. The summed E-state index contributed by atoms with van der Waals surface area (Å²) in [6.07, 6.45) is 6.06. The molecule has 3 atom stereocenters. The summed E-state index contributed by atoms with van der Waals surface area (Å²) in [5, 5.41) is 11.3. The Morgan fingerprint density at radius 3 is 2.62 bits per heavy atom. The maximum Gasteiger partial charge on any atom is 0.318 e. The van der Waals surface area contributed by atoms with Gasteiger partial charge in [-0.2, -0.15) is 4.72 Å². The summed E-state index contributed by atoms with van der Waals surface area (Å²) in [4.78, 5) is 22.8. The summed E-state index contributed by atoms with van der Waals surface area (Å²) in [7, 11) is -3.93. The third-order valence-electron chi connectivity index (χ3n) is 4.44. The van der Waals surface area contributed by atoms with E-state index in [9.17, 15) is 18.0 Å². The Balaban J connectivity index is 1.70. The lowest BCUT2D eigenvalue weighted by Crippen LogP contribution is -2.29. The zero-order valence-electron chi connectivity index (χ0n) is 12.8. The molecular formula is C16H18N2O5S. The number of rotatable bonds is 6. The largest absolute Gasteiger partial charge is 0.480 e. The fourth-order valence-electron chi connectivity index (χ4n) is 3.30. The number of aliphatic carboxylic acids is 1. The van der Waals surface area contributed by atoms with E-state index in [1.54, 1.807) is 6.07 Å². The van der Waals surface area contributed by atoms with Crippen molar-refractivity contribution >= 4 is 27.6 Å². The lowest BCUT2D eigenvalue weighted by atomic mass is 9.93. The molecule has 1 amide bonds. The highest BCUT2D eigenvalue weighted by molar-refractivity contribution is 7.89. The van der Waals surface area contributed by atoms with Crippen molar-refractivity contribution in [3.63, 3.8) is 0 Å². The molecule has 2 bridgehead atoms. The minimum Gasteiger partial charge on any atom is -0.480 e. The molecule has 3 N–H and O–H groups in total. The second-order valence-electron chi connectivity index (χ2n) is 6.12. The number of carboxylic acid groups (broad SMARTS) is 1. The van der Waals surface area contributed by atoms with Crippen molar-refractivity contribution in [3.05, 3.63) is 36.4 Å². The summed E-state index contributed by atoms with van der Waals surface area (Å²) in [6.45, 7) is -0.698. The molecule has 2 aliphatic carbocycles. The van der Waals surface area contributed by atoms with Gasteiger partial charge in [0.25, 0.3) is 0 Å². The minimum atomic E-state index is -3.93. The Kier molecular flexibility index (Phi) is 4.42. The van der Waals surface area contributed by atoms with Gasteiger partial charge in [-0.3, -0.25) is 9.59 Å². The third kappa shape index (κ3) is 3.49. The van der Waals surface area contributed by atoms with Crippen molar-refractivity contribution in [1.82, 2.24) is 4.72 Å². The van der Waals surface area contributed by atoms with Gasteiger partial charge < -0.3 is 10.4 Å². The number of anilines is 1. The average Bonchev–Trinajstić information content (AvgIpc) is 3.16. The zero-order chi connectivity index (χ0) is 17.3. The fourth-order valence-corrected chi connectivity index (χ4v) is 4.32. The van der Waals surface area contributed by atoms with E-state index < -0.39 is 22.5 Å². The Morgan fingerprint density at radius 1 is 1.21 bits per heavy atom. The average molecular weight is 350 g/mol. The van der Waals surface area contributed by atoms with Gasteiger partial charge in [0, 0.05) is 11.6 Å². The van der Waals surface area contributed by atoms with Crippen LogP contribution in [0.3, 0.4) is 0 Å². The monoisotopic (exact) mass is 350 g/mol. The normalized spacial score (nSPS) is 24.9. The van der Waals surface area contributed by atoms with E-state index in [0.29, 0.717) is 11.6 Å². The van der Waals surface area contributed by atoms with Crippen LogP contribution in [0.2, 0.25) is 0 Å². The lowest BCUT2D eigenvalue weighted by Gasteiger charge is -2.17. The number of amides is 1. The van der Waals surface area contributed by atoms with Crippen LogP contribution >= 0.6 is 0 Å². The van der Waals surface area contributed by atoms with Gasteiger partial charge in [-0.25, -0.2) is 8.42 Å². The number of carbonyl (C=O) groups excluding carboxylic acids is 1. The van der Waals surface area contributed by atoms with E-state index in [1.807, 2.05) is 4.72 Å². The van der Waals surface area contributed by atoms with Crippen molar-refractivity contribution in [2.75, 3.05) is 11.9 Å². The highest BCUT2D eigenvalue weighted by atomic mass is 32.2. The van der Waals surface area contributed by atoms with Crippen LogP contribution in [0, 0.1) is 17.8 Å². The van der Waals surface area contributed by atoms with Gasteiger partial charge in [-0.1, -0.05) is 18.2 Å². The van der Waals surface area contributed by atoms with Gasteiger partial charge >= 0.3 is 5.97 Å². The molecule has 24 heavy (non-hydrogen) atoms. The molecule has 1 aromatic carbocycles.